The van der Waals surface area contributed by atoms with Gasteiger partial charge in [0.1, 0.15) is 5.60 Å². The highest BCUT2D eigenvalue weighted by Gasteiger charge is 2.27. The smallest absolute Gasteiger partial charge is 0.410 e. The number of anilines is 1. The van der Waals surface area contributed by atoms with Gasteiger partial charge in [-0.25, -0.2) is 14.2 Å². The fourth-order valence-corrected chi connectivity index (χ4v) is 2.54. The molecule has 1 aliphatic rings. The topological polar surface area (TPSA) is 89.4 Å². The number of carbonyl (C=O) groups is 2. The summed E-state index contributed by atoms with van der Waals surface area (Å²) in [5.41, 5.74) is -0.117. The maximum atomic E-state index is 13.6. The van der Waals surface area contributed by atoms with Gasteiger partial charge in [-0.2, -0.15) is 5.10 Å². The maximum Gasteiger partial charge on any atom is 0.410 e. The van der Waals surface area contributed by atoms with Crippen LogP contribution in [0.25, 0.3) is 0 Å². The third kappa shape index (κ3) is 3.98. The number of halogens is 1. The Kier molecular flexibility index (Phi) is 4.62. The van der Waals surface area contributed by atoms with Gasteiger partial charge in [0.2, 0.25) is 0 Å². The molecule has 0 bridgehead atoms. The fraction of sp³-hybridized carbons (Fsp3) is 0.412. The van der Waals surface area contributed by atoms with Crippen molar-refractivity contribution in [3.8, 4) is 0 Å². The van der Waals surface area contributed by atoms with Gasteiger partial charge in [-0.15, -0.1) is 0 Å². The zero-order valence-corrected chi connectivity index (χ0v) is 14.8. The molecular formula is C17H20FN5O3. The van der Waals surface area contributed by atoms with Crippen molar-refractivity contribution in [1.82, 2.24) is 19.7 Å². The summed E-state index contributed by atoms with van der Waals surface area (Å²) in [7, 11) is 0. The van der Waals surface area contributed by atoms with Crippen molar-refractivity contribution in [3.05, 3.63) is 41.6 Å². The first-order chi connectivity index (χ1) is 12.2. The molecular weight excluding hydrogens is 341 g/mol. The number of carbonyl (C=O) groups excluding carboxylic acids is 2. The molecule has 0 saturated heterocycles. The average Bonchev–Trinajstić information content (AvgIpc) is 2.94. The van der Waals surface area contributed by atoms with Gasteiger partial charge in [-0.05, 0) is 32.9 Å². The Balaban J connectivity index is 1.69. The molecule has 0 radical (unpaired) electrons. The Hall–Kier alpha value is -2.97. The van der Waals surface area contributed by atoms with E-state index in [-0.39, 0.29) is 11.5 Å². The molecule has 1 N–H and O–H groups in total. The summed E-state index contributed by atoms with van der Waals surface area (Å²) in [4.78, 5) is 29.6. The number of ether oxygens (including phenoxy) is 1. The second-order valence-corrected chi connectivity index (χ2v) is 6.93. The van der Waals surface area contributed by atoms with Crippen molar-refractivity contribution in [1.29, 1.82) is 0 Å². The molecule has 2 aromatic heterocycles. The predicted molar refractivity (Wildman–Crippen MR) is 91.0 cm³/mol. The van der Waals surface area contributed by atoms with Crippen LogP contribution >= 0.6 is 0 Å². The molecule has 138 valence electrons. The van der Waals surface area contributed by atoms with Gasteiger partial charge in [-0.1, -0.05) is 0 Å². The Labute approximate surface area is 150 Å². The quantitative estimate of drug-likeness (QED) is 0.887. The zero-order valence-electron chi connectivity index (χ0n) is 14.8. The number of amides is 2. The van der Waals surface area contributed by atoms with Crippen LogP contribution in [-0.4, -0.2) is 43.8 Å². The van der Waals surface area contributed by atoms with Crippen LogP contribution in [0.5, 0.6) is 0 Å². The van der Waals surface area contributed by atoms with Crippen LogP contribution in [0.1, 0.15) is 37.0 Å². The number of rotatable bonds is 2. The molecule has 2 aromatic rings. The molecule has 2 amide bonds. The minimum Gasteiger partial charge on any atom is -0.444 e. The summed E-state index contributed by atoms with van der Waals surface area (Å²) in [5.74, 6) is -1.10. The number of nitrogens with zero attached hydrogens (tertiary/aromatic N) is 4. The molecule has 0 aliphatic carbocycles. The Bertz CT molecular complexity index is 843. The van der Waals surface area contributed by atoms with E-state index in [4.69, 9.17) is 4.74 Å². The van der Waals surface area contributed by atoms with Crippen LogP contribution in [0, 0.1) is 5.82 Å². The average molecular weight is 361 g/mol. The van der Waals surface area contributed by atoms with Crippen molar-refractivity contribution in [2.75, 3.05) is 11.9 Å². The number of nitrogens with one attached hydrogen (secondary N) is 1. The largest absolute Gasteiger partial charge is 0.444 e. The molecule has 26 heavy (non-hydrogen) atoms. The number of pyridine rings is 1. The van der Waals surface area contributed by atoms with Crippen molar-refractivity contribution in [2.24, 2.45) is 0 Å². The first-order valence-corrected chi connectivity index (χ1v) is 8.19. The lowest BCUT2D eigenvalue weighted by Gasteiger charge is -2.30. The summed E-state index contributed by atoms with van der Waals surface area (Å²) < 4.78 is 20.7. The van der Waals surface area contributed by atoms with Crippen LogP contribution in [0.3, 0.4) is 0 Å². The van der Waals surface area contributed by atoms with Gasteiger partial charge in [0.15, 0.2) is 17.3 Å². The monoisotopic (exact) mass is 361 g/mol. The van der Waals surface area contributed by atoms with E-state index in [2.05, 4.69) is 15.4 Å². The van der Waals surface area contributed by atoms with Gasteiger partial charge in [-0.3, -0.25) is 9.48 Å². The van der Waals surface area contributed by atoms with Crippen LogP contribution < -0.4 is 5.32 Å². The number of hydrogen-bond acceptors (Lipinski definition) is 5. The predicted octanol–water partition coefficient (Wildman–Crippen LogP) is 2.42. The Morgan fingerprint density at radius 3 is 2.77 bits per heavy atom. The van der Waals surface area contributed by atoms with E-state index in [1.54, 1.807) is 15.6 Å². The minimum absolute atomic E-state index is 0.279. The van der Waals surface area contributed by atoms with E-state index in [0.29, 0.717) is 19.6 Å². The summed E-state index contributed by atoms with van der Waals surface area (Å²) in [5, 5.41) is 6.80. The number of aromatic nitrogens is 3. The van der Waals surface area contributed by atoms with Crippen molar-refractivity contribution in [3.63, 3.8) is 0 Å². The van der Waals surface area contributed by atoms with Crippen molar-refractivity contribution >= 4 is 17.8 Å². The van der Waals surface area contributed by atoms with E-state index in [9.17, 15) is 14.0 Å². The first kappa shape index (κ1) is 17.8. The highest BCUT2D eigenvalue weighted by atomic mass is 19.1. The second kappa shape index (κ2) is 6.74. The van der Waals surface area contributed by atoms with E-state index in [1.807, 2.05) is 20.8 Å². The fourth-order valence-electron chi connectivity index (χ4n) is 2.54. The maximum absolute atomic E-state index is 13.6. The lowest BCUT2D eigenvalue weighted by atomic mass is 10.2. The third-order valence-electron chi connectivity index (χ3n) is 3.66. The summed E-state index contributed by atoms with van der Waals surface area (Å²) >= 11 is 0. The van der Waals surface area contributed by atoms with E-state index >= 15 is 0 Å². The normalized spacial score (nSPS) is 13.9. The molecule has 0 spiro atoms. The SMILES string of the molecule is CC(C)(C)OC(=O)N1CCn2nc(NC(=O)c3ncccc3F)cc2C1. The van der Waals surface area contributed by atoms with Crippen LogP contribution in [-0.2, 0) is 17.8 Å². The number of hydrogen-bond donors (Lipinski definition) is 1. The third-order valence-corrected chi connectivity index (χ3v) is 3.66. The van der Waals surface area contributed by atoms with Crippen LogP contribution in [0.15, 0.2) is 24.4 Å². The molecule has 9 heteroatoms. The molecule has 0 saturated carbocycles. The first-order valence-electron chi connectivity index (χ1n) is 8.19. The van der Waals surface area contributed by atoms with Gasteiger partial charge in [0.25, 0.3) is 5.91 Å². The molecule has 3 heterocycles. The molecule has 0 atom stereocenters. The Morgan fingerprint density at radius 1 is 1.31 bits per heavy atom. The van der Waals surface area contributed by atoms with Crippen molar-refractivity contribution in [2.45, 2.75) is 39.5 Å². The highest BCUT2D eigenvalue weighted by molar-refractivity contribution is 6.02. The lowest BCUT2D eigenvalue weighted by Crippen LogP contribution is -2.41. The molecule has 8 nitrogen and oxygen atoms in total. The van der Waals surface area contributed by atoms with Gasteiger partial charge in [0.05, 0.1) is 18.8 Å². The summed E-state index contributed by atoms with van der Waals surface area (Å²) in [6.45, 7) is 6.67. The Morgan fingerprint density at radius 2 is 2.08 bits per heavy atom. The minimum atomic E-state index is -0.704. The molecule has 1 aliphatic heterocycles. The number of fused-ring (bicyclic) bond motifs is 1. The van der Waals surface area contributed by atoms with E-state index in [1.165, 1.54) is 18.3 Å². The van der Waals surface area contributed by atoms with Gasteiger partial charge in [0, 0.05) is 18.8 Å². The summed E-state index contributed by atoms with van der Waals surface area (Å²) in [6.07, 6.45) is 0.945. The van der Waals surface area contributed by atoms with E-state index < -0.39 is 23.4 Å². The second-order valence-electron chi connectivity index (χ2n) is 6.93. The molecule has 0 unspecified atom stereocenters. The standard InChI is InChI=1S/C17H20FN5O3/c1-17(2,3)26-16(25)22-7-8-23-11(10-22)9-13(21-23)20-15(24)14-12(18)5-4-6-19-14/h4-6,9H,7-8,10H2,1-3H3,(H,20,21,24). The molecule has 0 aromatic carbocycles. The molecule has 3 rings (SSSR count). The molecule has 0 fully saturated rings. The summed E-state index contributed by atoms with van der Waals surface area (Å²) in [6, 6.07) is 4.22. The van der Waals surface area contributed by atoms with Crippen molar-refractivity contribution < 1.29 is 18.7 Å². The lowest BCUT2D eigenvalue weighted by molar-refractivity contribution is 0.0194. The van der Waals surface area contributed by atoms with Gasteiger partial charge < -0.3 is 15.0 Å². The van der Waals surface area contributed by atoms with E-state index in [0.717, 1.165) is 5.69 Å². The zero-order chi connectivity index (χ0) is 18.9. The van der Waals surface area contributed by atoms with Crippen LogP contribution in [0.4, 0.5) is 15.0 Å². The van der Waals surface area contributed by atoms with Gasteiger partial charge >= 0.3 is 6.09 Å². The van der Waals surface area contributed by atoms with Crippen LogP contribution in [0.2, 0.25) is 0 Å². The highest BCUT2D eigenvalue weighted by Crippen LogP contribution is 2.19.